The van der Waals surface area contributed by atoms with Crippen LogP contribution in [0.1, 0.15) is 204 Å². The van der Waals surface area contributed by atoms with Crippen LogP contribution in [-0.2, 0) is 27.1 Å². The minimum atomic E-state index is -0.646. The third-order valence-corrected chi connectivity index (χ3v) is 21.0. The molecule has 1 aliphatic carbocycles. The van der Waals surface area contributed by atoms with Gasteiger partial charge in [-0.05, 0) is 177 Å². The molecule has 0 bridgehead atoms. The zero-order chi connectivity index (χ0) is 58.7. The number of rotatable bonds is 4. The minimum absolute atomic E-state index is 0.0719. The molecule has 418 valence electrons. The average Bonchev–Trinajstić information content (AvgIpc) is 1.44. The third-order valence-electron chi connectivity index (χ3n) is 21.0. The second-order valence-electron chi connectivity index (χ2n) is 31.2. The molecule has 16 rings (SSSR count). The highest BCUT2D eigenvalue weighted by Gasteiger charge is 2.56. The van der Waals surface area contributed by atoms with Gasteiger partial charge in [0.1, 0.15) is 0 Å². The van der Waals surface area contributed by atoms with Gasteiger partial charge in [0.05, 0.1) is 33.0 Å². The van der Waals surface area contributed by atoms with Gasteiger partial charge < -0.3 is 13.7 Å². The predicted octanol–water partition coefficient (Wildman–Crippen LogP) is 19.4. The maximum Gasteiger partial charge on any atom is 0.253 e. The summed E-state index contributed by atoms with van der Waals surface area (Å²) in [5.41, 5.74) is 33.0. The fourth-order valence-corrected chi connectivity index (χ4v) is 16.2. The quantitative estimate of drug-likeness (QED) is 0.156. The van der Waals surface area contributed by atoms with Crippen LogP contribution in [0.15, 0.2) is 140 Å². The molecule has 9 aromatic carbocycles. The van der Waals surface area contributed by atoms with Crippen LogP contribution in [0.3, 0.4) is 0 Å². The lowest BCUT2D eigenvalue weighted by Gasteiger charge is -2.45. The van der Waals surface area contributed by atoms with E-state index in [1.54, 1.807) is 0 Å². The molecule has 0 saturated heterocycles. The van der Waals surface area contributed by atoms with Crippen LogP contribution in [0.5, 0.6) is 0 Å². The van der Waals surface area contributed by atoms with Crippen LogP contribution in [0, 0.1) is 0 Å². The highest BCUT2D eigenvalue weighted by molar-refractivity contribution is 7.02. The first-order valence-corrected chi connectivity index (χ1v) is 31.5. The van der Waals surface area contributed by atoms with E-state index in [1.807, 2.05) is 0 Å². The summed E-state index contributed by atoms with van der Waals surface area (Å²) < 4.78 is 8.24. The molecular weight excluding hydrogens is 1010 g/mol. The van der Waals surface area contributed by atoms with Crippen molar-refractivity contribution < 1.29 is 0 Å². The lowest BCUT2D eigenvalue weighted by atomic mass is 9.33. The smallest absolute Gasteiger partial charge is 0.253 e. The molecule has 0 saturated carbocycles. The van der Waals surface area contributed by atoms with E-state index in [0.29, 0.717) is 17.8 Å². The Morgan fingerprint density at radius 1 is 0.357 bits per heavy atom. The van der Waals surface area contributed by atoms with Crippen molar-refractivity contribution in [1.29, 1.82) is 0 Å². The molecule has 0 N–H and O–H groups in total. The SMILES string of the molecule is CC(C)c1ccc(-n2c3cc(C(C)C)ccc3c3c4c5c(cc32)c2ccc(C(C)C)cc2n5-c2ccc3c5c2B4c2cc(C(C)(C)C)cc4c6cc(C(C)(C)C)cc(c6n-5c24)C32c3cc(C(C)(C)C)ccc3-c3ccc(C(C)(C)C)cc32)cc1. The second kappa shape index (κ2) is 16.4. The first-order valence-electron chi connectivity index (χ1n) is 31.5. The van der Waals surface area contributed by atoms with Gasteiger partial charge in [-0.25, -0.2) is 0 Å². The van der Waals surface area contributed by atoms with E-state index in [2.05, 4.69) is 278 Å². The fraction of sp³-hybridized carbons (Fsp3) is 0.325. The van der Waals surface area contributed by atoms with Crippen molar-refractivity contribution in [3.8, 4) is 28.2 Å². The number of fused-ring (bicyclic) bond motifs is 18. The van der Waals surface area contributed by atoms with Crippen LogP contribution >= 0.6 is 0 Å². The molecule has 6 heterocycles. The number of hydrogen-bond donors (Lipinski definition) is 0. The van der Waals surface area contributed by atoms with Crippen LogP contribution in [0.4, 0.5) is 0 Å². The zero-order valence-electron chi connectivity index (χ0n) is 52.9. The molecule has 1 spiro atoms. The molecule has 0 radical (unpaired) electrons. The Hall–Kier alpha value is -7.56. The number of hydrogen-bond acceptors (Lipinski definition) is 0. The van der Waals surface area contributed by atoms with Gasteiger partial charge in [0.15, 0.2) is 0 Å². The molecule has 3 aromatic heterocycles. The summed E-state index contributed by atoms with van der Waals surface area (Å²) in [5, 5.41) is 8.05. The van der Waals surface area contributed by atoms with Crippen molar-refractivity contribution >= 4 is 88.5 Å². The lowest BCUT2D eigenvalue weighted by Crippen LogP contribution is -2.61. The predicted molar refractivity (Wildman–Crippen MR) is 362 cm³/mol. The molecule has 3 aliphatic heterocycles. The van der Waals surface area contributed by atoms with Gasteiger partial charge in [-0.2, -0.15) is 0 Å². The van der Waals surface area contributed by atoms with E-state index < -0.39 is 5.41 Å². The van der Waals surface area contributed by atoms with Crippen LogP contribution in [0.25, 0.3) is 93.6 Å². The Kier molecular flexibility index (Phi) is 10.2. The molecule has 4 aliphatic rings. The summed E-state index contributed by atoms with van der Waals surface area (Å²) in [4.78, 5) is 0. The van der Waals surface area contributed by atoms with E-state index >= 15 is 0 Å². The van der Waals surface area contributed by atoms with Gasteiger partial charge in [-0.15, -0.1) is 0 Å². The van der Waals surface area contributed by atoms with Crippen molar-refractivity contribution in [2.45, 2.75) is 169 Å². The second-order valence-corrected chi connectivity index (χ2v) is 31.2. The topological polar surface area (TPSA) is 14.8 Å². The van der Waals surface area contributed by atoms with Crippen molar-refractivity contribution in [2.75, 3.05) is 0 Å². The van der Waals surface area contributed by atoms with Gasteiger partial charge in [0.25, 0.3) is 6.71 Å². The van der Waals surface area contributed by atoms with E-state index in [9.17, 15) is 0 Å². The van der Waals surface area contributed by atoms with Gasteiger partial charge in [0, 0.05) is 54.9 Å². The van der Waals surface area contributed by atoms with E-state index in [0.717, 1.165) is 0 Å². The van der Waals surface area contributed by atoms with Crippen LogP contribution in [0.2, 0.25) is 0 Å². The number of aromatic nitrogens is 3. The Bertz CT molecular complexity index is 4890. The number of nitrogens with zero attached hydrogens (tertiary/aromatic N) is 3. The monoisotopic (exact) mass is 1090 g/mol. The maximum atomic E-state index is 2.84. The summed E-state index contributed by atoms with van der Waals surface area (Å²) in [5.74, 6) is 1.18. The molecule has 0 fully saturated rings. The van der Waals surface area contributed by atoms with Gasteiger partial charge >= 0.3 is 0 Å². The van der Waals surface area contributed by atoms with E-state index in [1.165, 1.54) is 171 Å². The molecule has 0 atom stereocenters. The van der Waals surface area contributed by atoms with Gasteiger partial charge in [-0.1, -0.05) is 216 Å². The Balaban J connectivity index is 1.18. The first kappa shape index (κ1) is 52.0. The van der Waals surface area contributed by atoms with Crippen LogP contribution in [-0.4, -0.2) is 20.4 Å². The van der Waals surface area contributed by atoms with Crippen molar-refractivity contribution in [3.05, 3.63) is 201 Å². The zero-order valence-corrected chi connectivity index (χ0v) is 52.9. The molecule has 0 unspecified atom stereocenters. The highest BCUT2D eigenvalue weighted by Crippen LogP contribution is 2.63. The summed E-state index contributed by atoms with van der Waals surface area (Å²) in [6.07, 6.45) is 0. The largest absolute Gasteiger partial charge is 0.310 e. The number of benzene rings is 9. The first-order chi connectivity index (χ1) is 39.7. The molecule has 0 amide bonds. The molecule has 12 aromatic rings. The molecule has 84 heavy (non-hydrogen) atoms. The van der Waals surface area contributed by atoms with E-state index in [4.69, 9.17) is 0 Å². The molecular formula is C80H80BN3. The minimum Gasteiger partial charge on any atom is -0.310 e. The lowest BCUT2D eigenvalue weighted by molar-refractivity contribution is 0.583. The fourth-order valence-electron chi connectivity index (χ4n) is 16.2. The third kappa shape index (κ3) is 6.56. The molecule has 3 nitrogen and oxygen atoms in total. The molecule has 4 heteroatoms. The van der Waals surface area contributed by atoms with Crippen molar-refractivity contribution in [2.24, 2.45) is 0 Å². The Labute approximate surface area is 497 Å². The Morgan fingerprint density at radius 2 is 0.857 bits per heavy atom. The van der Waals surface area contributed by atoms with Crippen molar-refractivity contribution in [1.82, 2.24) is 13.7 Å². The summed E-state index contributed by atoms with van der Waals surface area (Å²) >= 11 is 0. The Morgan fingerprint density at radius 3 is 1.42 bits per heavy atom. The van der Waals surface area contributed by atoms with Gasteiger partial charge in [0.2, 0.25) is 0 Å². The summed E-state index contributed by atoms with van der Waals surface area (Å²) in [7, 11) is 0. The van der Waals surface area contributed by atoms with E-state index in [-0.39, 0.29) is 28.4 Å². The standard InChI is InChI=1S/C80H80BN3/c1-42(2)45-19-25-52(26-20-45)82-67-34-47(44(5)6)22-28-56(67)69-68(82)41-59-55-27-21-46(43(3)4)33-66(55)83-65-32-31-60-75-70(65)81(71(69)74(59)83)64-40-51(79(16,17)18)36-58-57-35-50(78(13,14)15)39-63(72(57)84(75)73(58)64)80(60)61-37-48(76(7,8)9)23-29-53(61)54-30-24-49(38-62(54)80)77(10,11)12/h19-44H,1-18H3. The summed E-state index contributed by atoms with van der Waals surface area (Å²) in [6, 6.07) is 58.0. The van der Waals surface area contributed by atoms with Crippen LogP contribution < -0.4 is 16.4 Å². The maximum absolute atomic E-state index is 2.84. The normalized spacial score (nSPS) is 14.9. The highest BCUT2D eigenvalue weighted by atomic mass is 15.1. The van der Waals surface area contributed by atoms with Gasteiger partial charge in [-0.3, -0.25) is 0 Å². The average molecular weight is 1090 g/mol. The summed E-state index contributed by atoms with van der Waals surface area (Å²) in [6.45, 7) is 42.9. The van der Waals surface area contributed by atoms with Crippen molar-refractivity contribution in [3.63, 3.8) is 0 Å².